The first-order valence-corrected chi connectivity index (χ1v) is 9.19. The molecular weight excluding hydrogens is 383 g/mol. The van der Waals surface area contributed by atoms with Gasteiger partial charge in [0.05, 0.1) is 12.6 Å². The van der Waals surface area contributed by atoms with Crippen molar-refractivity contribution in [1.29, 1.82) is 0 Å². The van der Waals surface area contributed by atoms with E-state index in [2.05, 4.69) is 0 Å². The summed E-state index contributed by atoms with van der Waals surface area (Å²) in [6.07, 6.45) is 0.280. The van der Waals surface area contributed by atoms with Gasteiger partial charge < -0.3 is 14.6 Å². The molecule has 0 amide bonds. The number of carbonyl (C=O) groups is 1. The Hall–Kier alpha value is -1.62. The second kappa shape index (κ2) is 10.2. The van der Waals surface area contributed by atoms with Crippen molar-refractivity contribution < 1.29 is 44.2 Å². The summed E-state index contributed by atoms with van der Waals surface area (Å²) in [6, 6.07) is 24.4. The Morgan fingerprint density at radius 1 is 0.929 bits per heavy atom. The first-order valence-electron chi connectivity index (χ1n) is 8.81. The van der Waals surface area contributed by atoms with Crippen LogP contribution in [-0.2, 0) is 21.7 Å². The summed E-state index contributed by atoms with van der Waals surface area (Å²) in [5.74, 6) is -1.23. The van der Waals surface area contributed by atoms with Crippen LogP contribution < -0.4 is 34.7 Å². The van der Waals surface area contributed by atoms with Crippen molar-refractivity contribution in [1.82, 2.24) is 0 Å². The predicted molar refractivity (Wildman–Crippen MR) is 105 cm³/mol. The second-order valence-electron chi connectivity index (χ2n) is 6.33. The number of benzene rings is 3. The van der Waals surface area contributed by atoms with Crippen LogP contribution in [0.4, 0.5) is 0 Å². The number of rotatable bonds is 7. The molecule has 0 N–H and O–H groups in total. The monoisotopic (exact) mass is 402 g/mol. The third kappa shape index (κ3) is 5.05. The average Bonchev–Trinajstić information content (AvgIpc) is 2.70. The Labute approximate surface area is 192 Å². The molecule has 0 aliphatic heterocycles. The molecule has 138 valence electrons. The normalized spacial score (nSPS) is 12.6. The molecule has 0 aromatic heterocycles. The summed E-state index contributed by atoms with van der Waals surface area (Å²) in [6.45, 7) is 1.96. The van der Waals surface area contributed by atoms with Gasteiger partial charge in [-0.15, -0.1) is 0 Å². The molecule has 0 saturated carbocycles. The van der Waals surface area contributed by atoms with Crippen molar-refractivity contribution in [2.45, 2.75) is 25.6 Å². The van der Waals surface area contributed by atoms with Crippen LogP contribution in [0.25, 0.3) is 11.1 Å². The van der Waals surface area contributed by atoms with Gasteiger partial charge in [0.1, 0.15) is 5.60 Å². The van der Waals surface area contributed by atoms with Gasteiger partial charge >= 0.3 is 29.6 Å². The molecule has 0 radical (unpaired) electrons. The predicted octanol–water partition coefficient (Wildman–Crippen LogP) is 1.58. The van der Waals surface area contributed by atoms with Crippen LogP contribution in [0.2, 0.25) is 5.02 Å². The van der Waals surface area contributed by atoms with Crippen molar-refractivity contribution in [2.75, 3.05) is 0 Å². The van der Waals surface area contributed by atoms with E-state index in [-0.39, 0.29) is 42.6 Å². The molecule has 0 aliphatic rings. The van der Waals surface area contributed by atoms with E-state index >= 15 is 0 Å². The Morgan fingerprint density at radius 3 is 1.96 bits per heavy atom. The smallest absolute Gasteiger partial charge is 0.547 e. The summed E-state index contributed by atoms with van der Waals surface area (Å²) in [7, 11) is 0. The summed E-state index contributed by atoms with van der Waals surface area (Å²) < 4.78 is 5.89. The second-order valence-corrected chi connectivity index (χ2v) is 6.76. The minimum Gasteiger partial charge on any atom is -0.547 e. The van der Waals surface area contributed by atoms with E-state index in [9.17, 15) is 9.90 Å². The van der Waals surface area contributed by atoms with Crippen molar-refractivity contribution in [3.63, 3.8) is 0 Å². The first-order chi connectivity index (χ1) is 13.0. The van der Waals surface area contributed by atoms with Crippen molar-refractivity contribution in [3.8, 4) is 11.1 Å². The zero-order chi connectivity index (χ0) is 19.3. The summed E-state index contributed by atoms with van der Waals surface area (Å²) in [5.41, 5.74) is 2.14. The maximum Gasteiger partial charge on any atom is 1.00 e. The standard InChI is InChI=1S/C23H21ClO3.Na/c1-2-23(22(25)26,20-6-4-3-5-7-20)27-16-17-8-10-18(11-9-17)19-12-14-21(24)15-13-19;/h3-15H,2,16H2,1H3,(H,25,26);/q;+1/p-1. The summed E-state index contributed by atoms with van der Waals surface area (Å²) in [4.78, 5) is 11.9. The number of carbonyl (C=O) groups excluding carboxylic acids is 1. The van der Waals surface area contributed by atoms with Crippen LogP contribution in [-0.4, -0.2) is 5.97 Å². The fourth-order valence-corrected chi connectivity index (χ4v) is 3.19. The van der Waals surface area contributed by atoms with E-state index in [1.807, 2.05) is 54.6 Å². The van der Waals surface area contributed by atoms with Crippen LogP contribution in [0.3, 0.4) is 0 Å². The molecule has 1 atom stereocenters. The Morgan fingerprint density at radius 2 is 1.46 bits per heavy atom. The van der Waals surface area contributed by atoms with Crippen LogP contribution >= 0.6 is 11.6 Å². The number of hydrogen-bond acceptors (Lipinski definition) is 3. The number of carboxylic acid groups (broad SMARTS) is 1. The maximum absolute atomic E-state index is 11.9. The largest absolute Gasteiger partial charge is 1.00 e. The van der Waals surface area contributed by atoms with Gasteiger partial charge in [0, 0.05) is 5.02 Å². The van der Waals surface area contributed by atoms with E-state index < -0.39 is 11.6 Å². The SMILES string of the molecule is CCC(OCc1ccc(-c2ccc(Cl)cc2)cc1)(C(=O)[O-])c1ccccc1.[Na+]. The Kier molecular flexibility index (Phi) is 8.29. The molecule has 3 aromatic carbocycles. The van der Waals surface area contributed by atoms with E-state index in [4.69, 9.17) is 16.3 Å². The minimum atomic E-state index is -1.46. The van der Waals surface area contributed by atoms with Crippen LogP contribution in [0.5, 0.6) is 0 Å². The number of carboxylic acids is 1. The first kappa shape index (κ1) is 22.7. The Balaban J connectivity index is 0.00000280. The topological polar surface area (TPSA) is 49.4 Å². The fourth-order valence-electron chi connectivity index (χ4n) is 3.06. The van der Waals surface area contributed by atoms with Crippen molar-refractivity contribution in [3.05, 3.63) is 95.0 Å². The molecule has 1 unspecified atom stereocenters. The number of hydrogen-bond donors (Lipinski definition) is 0. The van der Waals surface area contributed by atoms with Crippen molar-refractivity contribution in [2.24, 2.45) is 0 Å². The van der Waals surface area contributed by atoms with Crippen LogP contribution in [0.15, 0.2) is 78.9 Å². The molecule has 3 rings (SSSR count). The quantitative estimate of drug-likeness (QED) is 0.564. The molecule has 0 aliphatic carbocycles. The molecule has 3 aromatic rings. The van der Waals surface area contributed by atoms with Gasteiger partial charge in [-0.3, -0.25) is 0 Å². The number of ether oxygens (including phenoxy) is 1. The van der Waals surface area contributed by atoms with E-state index in [0.717, 1.165) is 16.7 Å². The van der Waals surface area contributed by atoms with Gasteiger partial charge in [0.25, 0.3) is 0 Å². The van der Waals surface area contributed by atoms with Gasteiger partial charge in [-0.25, -0.2) is 0 Å². The number of aliphatic carboxylic acids is 1. The molecule has 0 fully saturated rings. The zero-order valence-corrected chi connectivity index (χ0v) is 18.8. The molecule has 5 heteroatoms. The molecule has 0 spiro atoms. The van der Waals surface area contributed by atoms with Crippen molar-refractivity contribution >= 4 is 17.6 Å². The fraction of sp³-hybridized carbons (Fsp3) is 0.174. The van der Waals surface area contributed by atoms with Gasteiger partial charge in [-0.05, 0) is 40.8 Å². The van der Waals surface area contributed by atoms with E-state index in [1.54, 1.807) is 31.2 Å². The molecular formula is C23H20ClNaO3. The number of halogens is 1. The minimum absolute atomic E-state index is 0. The maximum atomic E-state index is 11.9. The third-order valence-electron chi connectivity index (χ3n) is 4.68. The molecule has 0 heterocycles. The molecule has 0 saturated heterocycles. The van der Waals surface area contributed by atoms with Gasteiger partial charge in [-0.2, -0.15) is 0 Å². The van der Waals surface area contributed by atoms with Crippen LogP contribution in [0.1, 0.15) is 24.5 Å². The van der Waals surface area contributed by atoms with Gasteiger partial charge in [0.15, 0.2) is 0 Å². The third-order valence-corrected chi connectivity index (χ3v) is 4.94. The summed E-state index contributed by atoms with van der Waals surface area (Å²) in [5, 5.41) is 12.6. The molecule has 0 bridgehead atoms. The molecule has 28 heavy (non-hydrogen) atoms. The zero-order valence-electron chi connectivity index (χ0n) is 16.0. The average molecular weight is 403 g/mol. The van der Waals surface area contributed by atoms with Gasteiger partial charge in [0.2, 0.25) is 0 Å². The van der Waals surface area contributed by atoms with Crippen LogP contribution in [0, 0.1) is 0 Å². The Bertz CT molecular complexity index is 895. The van der Waals surface area contributed by atoms with E-state index in [1.165, 1.54) is 0 Å². The summed E-state index contributed by atoms with van der Waals surface area (Å²) >= 11 is 5.93. The van der Waals surface area contributed by atoms with Gasteiger partial charge in [-0.1, -0.05) is 85.3 Å². The molecule has 3 nitrogen and oxygen atoms in total. The van der Waals surface area contributed by atoms with E-state index in [0.29, 0.717) is 10.6 Å².